The number of aliphatic hydroxyl groups is 1. The molecular weight excluding hydrogens is 775 g/mol. The van der Waals surface area contributed by atoms with Crippen molar-refractivity contribution in [2.45, 2.75) is 95.4 Å². The quantitative estimate of drug-likeness (QED) is 0.0480. The van der Waals surface area contributed by atoms with Gasteiger partial charge in [-0.05, 0) is 98.9 Å². The van der Waals surface area contributed by atoms with Gasteiger partial charge in [-0.2, -0.15) is 4.98 Å². The van der Waals surface area contributed by atoms with Gasteiger partial charge < -0.3 is 35.1 Å². The highest BCUT2D eigenvalue weighted by Gasteiger charge is 2.31. The van der Waals surface area contributed by atoms with E-state index < -0.39 is 11.9 Å². The van der Waals surface area contributed by atoms with E-state index in [0.29, 0.717) is 50.4 Å². The van der Waals surface area contributed by atoms with E-state index in [-0.39, 0.29) is 24.1 Å². The van der Waals surface area contributed by atoms with Crippen LogP contribution in [0, 0.1) is 5.92 Å². The van der Waals surface area contributed by atoms with Crippen LogP contribution in [0.4, 0.5) is 5.95 Å². The molecule has 5 N–H and O–H groups in total. The van der Waals surface area contributed by atoms with Crippen molar-refractivity contribution >= 4 is 39.8 Å². The summed E-state index contributed by atoms with van der Waals surface area (Å²) in [5.74, 6) is 0.717. The van der Waals surface area contributed by atoms with Gasteiger partial charge in [0.05, 0.1) is 23.7 Å². The van der Waals surface area contributed by atoms with Crippen LogP contribution in [-0.4, -0.2) is 99.3 Å². The number of hydrogen-bond acceptors (Lipinski definition) is 11. The van der Waals surface area contributed by atoms with Gasteiger partial charge in [-0.3, -0.25) is 24.0 Å². The van der Waals surface area contributed by atoms with Gasteiger partial charge in [-0.1, -0.05) is 30.3 Å². The number of anilines is 1. The van der Waals surface area contributed by atoms with Crippen LogP contribution >= 0.6 is 0 Å². The lowest BCUT2D eigenvalue weighted by Crippen LogP contribution is -2.44. The van der Waals surface area contributed by atoms with Crippen molar-refractivity contribution in [2.24, 2.45) is 13.0 Å². The molecule has 5 aromatic rings. The van der Waals surface area contributed by atoms with Crippen LogP contribution in [0.5, 0.6) is 0 Å². The Balaban J connectivity index is 0.682. The zero-order valence-corrected chi connectivity index (χ0v) is 35.4. The summed E-state index contributed by atoms with van der Waals surface area (Å²) in [6.07, 6.45) is 13.2. The number of nitrogens with one attached hydrogen (secondary N) is 4. The van der Waals surface area contributed by atoms with Crippen molar-refractivity contribution in [1.82, 2.24) is 39.6 Å². The lowest BCUT2D eigenvalue weighted by molar-refractivity contribution is -0.135. The highest BCUT2D eigenvalue weighted by Crippen LogP contribution is 2.37. The summed E-state index contributed by atoms with van der Waals surface area (Å²) in [5.41, 5.74) is 6.82. The minimum Gasteiger partial charge on any atom is -0.393 e. The number of aromatic nitrogens is 5. The molecule has 8 rings (SSSR count). The molecule has 0 unspecified atom stereocenters. The van der Waals surface area contributed by atoms with E-state index in [2.05, 4.69) is 61.3 Å². The van der Waals surface area contributed by atoms with E-state index in [1.54, 1.807) is 11.6 Å². The van der Waals surface area contributed by atoms with Crippen LogP contribution in [-0.2, 0) is 39.1 Å². The number of hydrogen-bond donors (Lipinski definition) is 5. The number of carbonyl (C=O) groups is 2. The Hall–Kier alpha value is -4.93. The molecule has 0 spiro atoms. The number of aryl methyl sites for hydroxylation is 2. The summed E-state index contributed by atoms with van der Waals surface area (Å²) in [4.78, 5) is 46.8. The summed E-state index contributed by atoms with van der Waals surface area (Å²) in [6, 6.07) is 14.3. The maximum atomic E-state index is 13.0. The van der Waals surface area contributed by atoms with E-state index in [1.807, 2.05) is 24.4 Å². The van der Waals surface area contributed by atoms with Gasteiger partial charge in [0.1, 0.15) is 11.7 Å². The Bertz CT molecular complexity index is 2320. The number of amides is 2. The largest absolute Gasteiger partial charge is 0.393 e. The Morgan fingerprint density at radius 3 is 2.38 bits per heavy atom. The van der Waals surface area contributed by atoms with Crippen molar-refractivity contribution in [3.63, 3.8) is 0 Å². The summed E-state index contributed by atoms with van der Waals surface area (Å²) in [6.45, 7) is 6.82. The monoisotopic (exact) mass is 835 g/mol. The van der Waals surface area contributed by atoms with Crippen molar-refractivity contribution in [1.29, 1.82) is 0 Å². The predicted molar refractivity (Wildman–Crippen MR) is 235 cm³/mol. The fourth-order valence-corrected chi connectivity index (χ4v) is 8.64. The lowest BCUT2D eigenvalue weighted by Gasteiger charge is -2.27. The molecule has 0 radical (unpaired) electrons. The second-order valence-corrected chi connectivity index (χ2v) is 17.0. The standard InChI is InChI=1S/C46H61N9O6/c1-53-41-26-31(9-16-39(41)55(46(53)59)40-17-18-42(57)51-44(40)58)4-2-22-60-23-3-24-61-25-21-47-19-20-48-27-32-7-10-34(11-8-32)38-30-54(35-12-14-36(56)15-13-35)43-37(38)29-50-45(52-43)49-28-33-5-6-33/h7-11,16,26,29-30,33,35-36,40,47-48,56H,2-6,12-15,17-25,27-28H2,1H3,(H,49,50,52)(H,51,57,58)/t35?,36?,40-/m0/s1. The van der Waals surface area contributed by atoms with E-state index in [4.69, 9.17) is 14.5 Å². The minimum absolute atomic E-state index is 0.198. The maximum absolute atomic E-state index is 13.0. The second-order valence-electron chi connectivity index (χ2n) is 17.0. The number of aliphatic hydroxyl groups excluding tert-OH is 1. The first-order valence-electron chi connectivity index (χ1n) is 22.3. The predicted octanol–water partition coefficient (Wildman–Crippen LogP) is 4.76. The lowest BCUT2D eigenvalue weighted by atomic mass is 9.93. The Kier molecular flexibility index (Phi) is 14.2. The van der Waals surface area contributed by atoms with Crippen molar-refractivity contribution in [3.8, 4) is 11.1 Å². The molecule has 15 heteroatoms. The third-order valence-electron chi connectivity index (χ3n) is 12.4. The van der Waals surface area contributed by atoms with Gasteiger partial charge in [0.15, 0.2) is 0 Å². The van der Waals surface area contributed by atoms with Crippen LogP contribution in [0.25, 0.3) is 33.2 Å². The van der Waals surface area contributed by atoms with Gasteiger partial charge in [0.2, 0.25) is 17.8 Å². The highest BCUT2D eigenvalue weighted by atomic mass is 16.5. The maximum Gasteiger partial charge on any atom is 0.329 e. The molecule has 1 saturated heterocycles. The summed E-state index contributed by atoms with van der Waals surface area (Å²) < 4.78 is 17.0. The van der Waals surface area contributed by atoms with Crippen molar-refractivity contribution in [2.75, 3.05) is 57.9 Å². The zero-order valence-electron chi connectivity index (χ0n) is 35.4. The average Bonchev–Trinajstić information content (AvgIpc) is 3.98. The normalized spacial score (nSPS) is 19.5. The topological polar surface area (TPSA) is 179 Å². The number of ether oxygens (including phenoxy) is 2. The van der Waals surface area contributed by atoms with E-state index >= 15 is 0 Å². The first-order valence-corrected chi connectivity index (χ1v) is 22.3. The number of piperidine rings is 1. The Morgan fingerprint density at radius 2 is 1.59 bits per heavy atom. The molecule has 4 heterocycles. The molecule has 15 nitrogen and oxygen atoms in total. The van der Waals surface area contributed by atoms with Crippen LogP contribution in [0.2, 0.25) is 0 Å². The number of nitrogens with zero attached hydrogens (tertiary/aromatic N) is 5. The SMILES string of the molecule is Cn1c(=O)n([C@H]2CCC(=O)NC2=O)c2ccc(CCCOCCCOCCNCCNCc3ccc(-c4cn(C5CCC(O)CC5)c5nc(NCC6CC6)ncc45)cc3)cc21. The molecule has 3 aromatic heterocycles. The van der Waals surface area contributed by atoms with Crippen molar-refractivity contribution < 1.29 is 24.2 Å². The highest BCUT2D eigenvalue weighted by molar-refractivity contribution is 6.00. The van der Waals surface area contributed by atoms with Crippen LogP contribution in [0.3, 0.4) is 0 Å². The molecule has 3 fully saturated rings. The first-order chi connectivity index (χ1) is 29.8. The summed E-state index contributed by atoms with van der Waals surface area (Å²) in [7, 11) is 1.71. The minimum atomic E-state index is -0.680. The molecule has 61 heavy (non-hydrogen) atoms. The van der Waals surface area contributed by atoms with E-state index in [0.717, 1.165) is 117 Å². The fourth-order valence-electron chi connectivity index (χ4n) is 8.64. The second kappa shape index (κ2) is 20.3. The Labute approximate surface area is 356 Å². The smallest absolute Gasteiger partial charge is 0.329 e. The molecule has 2 amide bonds. The van der Waals surface area contributed by atoms with Gasteiger partial charge in [-0.15, -0.1) is 0 Å². The molecule has 2 aliphatic carbocycles. The number of imide groups is 1. The molecule has 3 aliphatic rings. The van der Waals surface area contributed by atoms with Crippen LogP contribution < -0.4 is 27.0 Å². The van der Waals surface area contributed by atoms with Crippen LogP contribution in [0.15, 0.2) is 59.7 Å². The summed E-state index contributed by atoms with van der Waals surface area (Å²) >= 11 is 0. The van der Waals surface area contributed by atoms with E-state index in [1.165, 1.54) is 23.0 Å². The molecule has 2 saturated carbocycles. The third-order valence-corrected chi connectivity index (χ3v) is 12.4. The van der Waals surface area contributed by atoms with Gasteiger partial charge in [0.25, 0.3) is 0 Å². The number of benzene rings is 2. The number of imidazole rings is 1. The zero-order chi connectivity index (χ0) is 42.1. The number of fused-ring (bicyclic) bond motifs is 2. The van der Waals surface area contributed by atoms with Gasteiger partial charge in [-0.25, -0.2) is 9.78 Å². The van der Waals surface area contributed by atoms with Crippen molar-refractivity contribution in [3.05, 3.63) is 76.5 Å². The number of rotatable bonds is 22. The molecular formula is C46H61N9O6. The molecule has 1 aliphatic heterocycles. The van der Waals surface area contributed by atoms with E-state index in [9.17, 15) is 19.5 Å². The molecule has 2 aromatic carbocycles. The Morgan fingerprint density at radius 1 is 0.836 bits per heavy atom. The third kappa shape index (κ3) is 10.8. The first kappa shape index (κ1) is 42.7. The van der Waals surface area contributed by atoms with Gasteiger partial charge >= 0.3 is 5.69 Å². The average molecular weight is 836 g/mol. The molecule has 0 bridgehead atoms. The number of carbonyl (C=O) groups excluding carboxylic acids is 2. The fraction of sp³-hybridized carbons (Fsp3) is 0.543. The molecule has 326 valence electrons. The van der Waals surface area contributed by atoms with Gasteiger partial charge in [0, 0.05) is 95.4 Å². The summed E-state index contributed by atoms with van der Waals surface area (Å²) in [5, 5.41) is 24.0. The van der Waals surface area contributed by atoms with Crippen LogP contribution in [0.1, 0.15) is 87.4 Å². The molecule has 1 atom stereocenters.